The molecule has 1 fully saturated rings. The van der Waals surface area contributed by atoms with Crippen molar-refractivity contribution in [3.05, 3.63) is 28.8 Å². The summed E-state index contributed by atoms with van der Waals surface area (Å²) >= 11 is 0. The van der Waals surface area contributed by atoms with Crippen LogP contribution in [0.5, 0.6) is 5.75 Å². The molecule has 0 atom stereocenters. The maximum Gasteiger partial charge on any atom is 0.397 e. The van der Waals surface area contributed by atoms with Crippen LogP contribution in [0, 0.1) is 12.3 Å². The quantitative estimate of drug-likeness (QED) is 0.449. The normalized spacial score (nSPS) is 23.7. The summed E-state index contributed by atoms with van der Waals surface area (Å²) < 4.78 is 18.8. The maximum absolute atomic E-state index is 6.49. The lowest BCUT2D eigenvalue weighted by molar-refractivity contribution is 0.00783. The number of aryl methyl sites for hydroxylation is 1. The van der Waals surface area contributed by atoms with Gasteiger partial charge in [0.05, 0.1) is 13.2 Å². The second kappa shape index (κ2) is 9.02. The first kappa shape index (κ1) is 23.6. The summed E-state index contributed by atoms with van der Waals surface area (Å²) in [5.41, 5.74) is 3.84. The molecule has 1 saturated heterocycles. The van der Waals surface area contributed by atoms with Gasteiger partial charge in [0.2, 0.25) is 0 Å². The zero-order valence-corrected chi connectivity index (χ0v) is 20.5. The van der Waals surface area contributed by atoms with Crippen LogP contribution >= 0.6 is 8.60 Å². The van der Waals surface area contributed by atoms with Crippen molar-refractivity contribution in [1.29, 1.82) is 0 Å². The van der Waals surface area contributed by atoms with Crippen LogP contribution in [-0.4, -0.2) is 13.2 Å². The van der Waals surface area contributed by atoms with E-state index in [0.29, 0.717) is 0 Å². The van der Waals surface area contributed by atoms with Crippen LogP contribution in [0.25, 0.3) is 0 Å². The van der Waals surface area contributed by atoms with E-state index in [-0.39, 0.29) is 16.2 Å². The molecule has 0 spiro atoms. The maximum atomic E-state index is 6.49. The average molecular weight is 409 g/mol. The highest BCUT2D eigenvalue weighted by molar-refractivity contribution is 7.42. The fourth-order valence-corrected chi connectivity index (χ4v) is 4.93. The molecule has 1 heterocycles. The molecule has 0 amide bonds. The molecule has 3 nitrogen and oxygen atoms in total. The molecule has 1 aliphatic rings. The van der Waals surface area contributed by atoms with Crippen LogP contribution in [0.3, 0.4) is 0 Å². The van der Waals surface area contributed by atoms with E-state index in [9.17, 15) is 0 Å². The Bertz CT molecular complexity index is 612. The van der Waals surface area contributed by atoms with Crippen molar-refractivity contribution in [1.82, 2.24) is 0 Å². The first-order valence-electron chi connectivity index (χ1n) is 10.8. The molecule has 0 N–H and O–H groups in total. The van der Waals surface area contributed by atoms with Crippen LogP contribution in [0.15, 0.2) is 12.1 Å². The summed E-state index contributed by atoms with van der Waals surface area (Å²) in [6.07, 6.45) is 4.68. The highest BCUT2D eigenvalue weighted by atomic mass is 31.2. The highest BCUT2D eigenvalue weighted by Crippen LogP contribution is 2.53. The lowest BCUT2D eigenvalue weighted by Crippen LogP contribution is -2.35. The van der Waals surface area contributed by atoms with Gasteiger partial charge in [-0.3, -0.25) is 0 Å². The number of unbranched alkanes of at least 4 members (excludes halogenated alkanes) is 1. The summed E-state index contributed by atoms with van der Waals surface area (Å²) in [5.74, 6) is 0.953. The second-order valence-corrected chi connectivity index (χ2v) is 11.7. The van der Waals surface area contributed by atoms with Crippen LogP contribution in [0.2, 0.25) is 0 Å². The zero-order chi connectivity index (χ0) is 21.2. The molecule has 0 bridgehead atoms. The van der Waals surface area contributed by atoms with E-state index in [0.717, 1.165) is 31.8 Å². The molecule has 1 aromatic carbocycles. The van der Waals surface area contributed by atoms with Crippen molar-refractivity contribution < 1.29 is 13.6 Å². The molecule has 2 rings (SSSR count). The molecule has 0 saturated carbocycles. The first-order chi connectivity index (χ1) is 12.9. The highest BCUT2D eigenvalue weighted by Gasteiger charge is 2.38. The van der Waals surface area contributed by atoms with Crippen LogP contribution < -0.4 is 4.52 Å². The predicted molar refractivity (Wildman–Crippen MR) is 120 cm³/mol. The lowest BCUT2D eigenvalue weighted by Gasteiger charge is -2.39. The fraction of sp³-hybridized carbons (Fsp3) is 0.750. The predicted octanol–water partition coefficient (Wildman–Crippen LogP) is 7.83. The van der Waals surface area contributed by atoms with Gasteiger partial charge in [0, 0.05) is 16.5 Å². The SMILES string of the molecule is CCCCC1(CC)COP(Oc2c(C(C)(C)C)cc(C)cc2C(C)(C)C)OC1. The Morgan fingerprint density at radius 3 is 1.86 bits per heavy atom. The third-order valence-electron chi connectivity index (χ3n) is 5.78. The van der Waals surface area contributed by atoms with Gasteiger partial charge < -0.3 is 13.6 Å². The molecule has 0 unspecified atom stereocenters. The van der Waals surface area contributed by atoms with Crippen molar-refractivity contribution in [3.63, 3.8) is 0 Å². The van der Waals surface area contributed by atoms with Gasteiger partial charge in [0.1, 0.15) is 5.75 Å². The monoisotopic (exact) mass is 408 g/mol. The third-order valence-corrected chi connectivity index (χ3v) is 6.79. The van der Waals surface area contributed by atoms with Gasteiger partial charge in [0.25, 0.3) is 0 Å². The number of rotatable bonds is 6. The van der Waals surface area contributed by atoms with Crippen LogP contribution in [0.1, 0.15) is 97.8 Å². The van der Waals surface area contributed by atoms with E-state index in [1.54, 1.807) is 0 Å². The summed E-state index contributed by atoms with van der Waals surface area (Å²) in [6.45, 7) is 21.5. The summed E-state index contributed by atoms with van der Waals surface area (Å²) in [4.78, 5) is 0. The van der Waals surface area contributed by atoms with Crippen LogP contribution in [0.4, 0.5) is 0 Å². The zero-order valence-electron chi connectivity index (χ0n) is 19.6. The number of hydrogen-bond acceptors (Lipinski definition) is 3. The van der Waals surface area contributed by atoms with E-state index in [1.165, 1.54) is 29.5 Å². The topological polar surface area (TPSA) is 27.7 Å². The Balaban J connectivity index is 2.29. The van der Waals surface area contributed by atoms with Gasteiger partial charge >= 0.3 is 8.60 Å². The molecule has 160 valence electrons. The molecule has 1 aliphatic heterocycles. The van der Waals surface area contributed by atoms with Gasteiger partial charge in [-0.2, -0.15) is 0 Å². The van der Waals surface area contributed by atoms with Gasteiger partial charge in [-0.1, -0.05) is 85.9 Å². The van der Waals surface area contributed by atoms with Gasteiger partial charge in [-0.05, 0) is 30.6 Å². The standard InChI is InChI=1S/C24H41O3P/c1-10-12-13-24(11-2)16-25-28(26-17-24)27-21-19(22(4,5)6)14-18(3)15-20(21)23(7,8)9/h14-15H,10-13,16-17H2,1-9H3. The van der Waals surface area contributed by atoms with E-state index < -0.39 is 8.60 Å². The molecule has 0 aromatic heterocycles. The van der Waals surface area contributed by atoms with Crippen molar-refractivity contribution >= 4 is 8.60 Å². The molecule has 0 radical (unpaired) electrons. The van der Waals surface area contributed by atoms with Crippen molar-refractivity contribution in [2.24, 2.45) is 5.41 Å². The van der Waals surface area contributed by atoms with E-state index in [1.807, 2.05) is 0 Å². The van der Waals surface area contributed by atoms with Crippen molar-refractivity contribution in [3.8, 4) is 5.75 Å². The molecule has 1 aromatic rings. The van der Waals surface area contributed by atoms with Crippen molar-refractivity contribution in [2.45, 2.75) is 98.8 Å². The van der Waals surface area contributed by atoms with Crippen molar-refractivity contribution in [2.75, 3.05) is 13.2 Å². The van der Waals surface area contributed by atoms with Gasteiger partial charge in [-0.15, -0.1) is 0 Å². The number of benzene rings is 1. The largest absolute Gasteiger partial charge is 0.426 e. The second-order valence-electron chi connectivity index (χ2n) is 10.5. The minimum Gasteiger partial charge on any atom is -0.426 e. The third kappa shape index (κ3) is 5.71. The first-order valence-corrected chi connectivity index (χ1v) is 11.9. The summed E-state index contributed by atoms with van der Waals surface area (Å²) in [6, 6.07) is 4.50. The average Bonchev–Trinajstić information content (AvgIpc) is 2.60. The fourth-order valence-electron chi connectivity index (χ4n) is 3.65. The molecule has 28 heavy (non-hydrogen) atoms. The van der Waals surface area contributed by atoms with Crippen LogP contribution in [-0.2, 0) is 19.9 Å². The molecule has 0 aliphatic carbocycles. The Morgan fingerprint density at radius 2 is 1.46 bits per heavy atom. The number of hydrogen-bond donors (Lipinski definition) is 0. The Hall–Kier alpha value is -0.630. The summed E-state index contributed by atoms with van der Waals surface area (Å²) in [7, 11) is -1.36. The Kier molecular flexibility index (Phi) is 7.62. The molecular weight excluding hydrogens is 367 g/mol. The van der Waals surface area contributed by atoms with Gasteiger partial charge in [-0.25, -0.2) is 0 Å². The molecule has 4 heteroatoms. The van der Waals surface area contributed by atoms with E-state index in [2.05, 4.69) is 74.4 Å². The Labute approximate surface area is 174 Å². The minimum absolute atomic E-state index is 0.0131. The summed E-state index contributed by atoms with van der Waals surface area (Å²) in [5, 5.41) is 0. The lowest BCUT2D eigenvalue weighted by atomic mass is 9.78. The van der Waals surface area contributed by atoms with E-state index >= 15 is 0 Å². The van der Waals surface area contributed by atoms with E-state index in [4.69, 9.17) is 13.6 Å². The Morgan fingerprint density at radius 1 is 0.964 bits per heavy atom. The van der Waals surface area contributed by atoms with Gasteiger partial charge in [0.15, 0.2) is 0 Å². The molecular formula is C24H41O3P. The minimum atomic E-state index is -1.36. The smallest absolute Gasteiger partial charge is 0.397 e.